The lowest BCUT2D eigenvalue weighted by Crippen LogP contribution is -2.42. The lowest BCUT2D eigenvalue weighted by atomic mass is 10.0. The van der Waals surface area contributed by atoms with Gasteiger partial charge in [0.1, 0.15) is 0 Å². The van der Waals surface area contributed by atoms with Crippen molar-refractivity contribution < 1.29 is 5.21 Å². The first-order valence-corrected chi connectivity index (χ1v) is 7.03. The number of oxime groups is 1. The van der Waals surface area contributed by atoms with Crippen LogP contribution in [0.1, 0.15) is 24.0 Å². The topological polar surface area (TPSA) is 65.1 Å². The van der Waals surface area contributed by atoms with Gasteiger partial charge in [-0.1, -0.05) is 5.16 Å². The maximum Gasteiger partial charge on any atom is 0.170 e. The minimum atomic E-state index is 0.167. The van der Waals surface area contributed by atoms with Gasteiger partial charge in [-0.3, -0.25) is 0 Å². The molecule has 1 aromatic rings. The van der Waals surface area contributed by atoms with Gasteiger partial charge in [0.15, 0.2) is 5.84 Å². The molecule has 0 aromatic heterocycles. The SMILES string of the molecule is Cc1cc(N2CCC(N(C)C)CC2)ccc1/C(N)=N/O. The lowest BCUT2D eigenvalue weighted by molar-refractivity contribution is 0.249. The van der Waals surface area contributed by atoms with Crippen LogP contribution in [-0.2, 0) is 0 Å². The van der Waals surface area contributed by atoms with E-state index < -0.39 is 0 Å². The van der Waals surface area contributed by atoms with E-state index in [4.69, 9.17) is 10.9 Å². The Morgan fingerprint density at radius 3 is 2.50 bits per heavy atom. The summed E-state index contributed by atoms with van der Waals surface area (Å²) in [6.45, 7) is 4.14. The Morgan fingerprint density at radius 2 is 2.00 bits per heavy atom. The van der Waals surface area contributed by atoms with E-state index in [0.717, 1.165) is 24.2 Å². The van der Waals surface area contributed by atoms with Gasteiger partial charge in [0.05, 0.1) is 0 Å². The molecule has 0 atom stereocenters. The number of anilines is 1. The van der Waals surface area contributed by atoms with Crippen molar-refractivity contribution in [3.05, 3.63) is 29.3 Å². The molecule has 1 saturated heterocycles. The summed E-state index contributed by atoms with van der Waals surface area (Å²) in [5.74, 6) is 0.167. The zero-order valence-electron chi connectivity index (χ0n) is 12.5. The van der Waals surface area contributed by atoms with Gasteiger partial charge in [0.2, 0.25) is 0 Å². The second kappa shape index (κ2) is 6.13. The van der Waals surface area contributed by atoms with Crippen LogP contribution in [0.2, 0.25) is 0 Å². The summed E-state index contributed by atoms with van der Waals surface area (Å²) in [7, 11) is 4.30. The van der Waals surface area contributed by atoms with Gasteiger partial charge in [-0.05, 0) is 57.6 Å². The third kappa shape index (κ3) is 3.04. The first kappa shape index (κ1) is 14.7. The van der Waals surface area contributed by atoms with Crippen LogP contribution in [0.25, 0.3) is 0 Å². The zero-order valence-corrected chi connectivity index (χ0v) is 12.5. The predicted molar refractivity (Wildman–Crippen MR) is 82.6 cm³/mol. The second-order valence-corrected chi connectivity index (χ2v) is 5.67. The highest BCUT2D eigenvalue weighted by molar-refractivity contribution is 5.98. The Labute approximate surface area is 120 Å². The summed E-state index contributed by atoms with van der Waals surface area (Å²) in [6, 6.07) is 6.78. The van der Waals surface area contributed by atoms with Crippen LogP contribution in [0.4, 0.5) is 5.69 Å². The van der Waals surface area contributed by atoms with E-state index >= 15 is 0 Å². The van der Waals surface area contributed by atoms with Crippen LogP contribution >= 0.6 is 0 Å². The molecule has 0 radical (unpaired) electrons. The number of amidine groups is 1. The van der Waals surface area contributed by atoms with Gasteiger partial charge in [-0.25, -0.2) is 0 Å². The molecular weight excluding hydrogens is 252 g/mol. The summed E-state index contributed by atoms with van der Waals surface area (Å²) in [4.78, 5) is 4.72. The number of aryl methyl sites for hydroxylation is 1. The molecule has 5 heteroatoms. The van der Waals surface area contributed by atoms with Crippen LogP contribution in [0, 0.1) is 6.92 Å². The van der Waals surface area contributed by atoms with Crippen LogP contribution in [0.3, 0.4) is 0 Å². The molecule has 2 rings (SSSR count). The smallest absolute Gasteiger partial charge is 0.170 e. The minimum absolute atomic E-state index is 0.167. The van der Waals surface area contributed by atoms with E-state index in [9.17, 15) is 0 Å². The summed E-state index contributed by atoms with van der Waals surface area (Å²) < 4.78 is 0. The van der Waals surface area contributed by atoms with Gasteiger partial charge in [0.25, 0.3) is 0 Å². The molecule has 110 valence electrons. The molecule has 1 aliphatic heterocycles. The third-order valence-corrected chi connectivity index (χ3v) is 4.15. The quantitative estimate of drug-likeness (QED) is 0.381. The molecule has 1 fully saturated rings. The molecule has 3 N–H and O–H groups in total. The Balaban J connectivity index is 2.10. The van der Waals surface area contributed by atoms with Crippen molar-refractivity contribution in [1.29, 1.82) is 0 Å². The number of nitrogens with two attached hydrogens (primary N) is 1. The van der Waals surface area contributed by atoms with Crippen molar-refractivity contribution in [2.75, 3.05) is 32.1 Å². The van der Waals surface area contributed by atoms with Crippen molar-refractivity contribution in [2.24, 2.45) is 10.9 Å². The van der Waals surface area contributed by atoms with Crippen molar-refractivity contribution in [3.63, 3.8) is 0 Å². The standard InChI is InChI=1S/C15H24N4O/c1-11-10-13(4-5-14(11)15(16)17-20)19-8-6-12(7-9-19)18(2)3/h4-5,10,12,20H,6-9H2,1-3H3,(H2,16,17). The molecule has 0 amide bonds. The fraction of sp³-hybridized carbons (Fsp3) is 0.533. The fourth-order valence-electron chi connectivity index (χ4n) is 2.83. The summed E-state index contributed by atoms with van der Waals surface area (Å²) in [6.07, 6.45) is 2.38. The van der Waals surface area contributed by atoms with Crippen molar-refractivity contribution >= 4 is 11.5 Å². The predicted octanol–water partition coefficient (Wildman–Crippen LogP) is 1.62. The van der Waals surface area contributed by atoms with E-state index in [0.29, 0.717) is 6.04 Å². The first-order valence-electron chi connectivity index (χ1n) is 7.03. The molecule has 1 heterocycles. The van der Waals surface area contributed by atoms with Gasteiger partial charge < -0.3 is 20.7 Å². The van der Waals surface area contributed by atoms with Crippen LogP contribution in [-0.4, -0.2) is 49.2 Å². The Morgan fingerprint density at radius 1 is 1.35 bits per heavy atom. The van der Waals surface area contributed by atoms with E-state index in [-0.39, 0.29) is 5.84 Å². The second-order valence-electron chi connectivity index (χ2n) is 5.67. The summed E-state index contributed by atoms with van der Waals surface area (Å²) >= 11 is 0. The molecule has 5 nitrogen and oxygen atoms in total. The fourth-order valence-corrected chi connectivity index (χ4v) is 2.83. The van der Waals surface area contributed by atoms with E-state index in [1.54, 1.807) is 0 Å². The Bertz CT molecular complexity index is 491. The zero-order chi connectivity index (χ0) is 14.7. The van der Waals surface area contributed by atoms with E-state index in [2.05, 4.69) is 41.2 Å². The molecular formula is C15H24N4O. The Kier molecular flexibility index (Phi) is 4.49. The maximum absolute atomic E-state index is 8.76. The van der Waals surface area contributed by atoms with E-state index in [1.165, 1.54) is 18.5 Å². The molecule has 1 aliphatic rings. The number of rotatable bonds is 3. The minimum Gasteiger partial charge on any atom is -0.409 e. The van der Waals surface area contributed by atoms with Crippen LogP contribution in [0.15, 0.2) is 23.4 Å². The highest BCUT2D eigenvalue weighted by Crippen LogP contribution is 2.24. The van der Waals surface area contributed by atoms with Gasteiger partial charge in [0, 0.05) is 30.4 Å². The summed E-state index contributed by atoms with van der Waals surface area (Å²) in [5.41, 5.74) is 8.70. The average molecular weight is 276 g/mol. The van der Waals surface area contributed by atoms with Crippen LogP contribution < -0.4 is 10.6 Å². The average Bonchev–Trinajstić information content (AvgIpc) is 2.46. The number of benzene rings is 1. The van der Waals surface area contributed by atoms with E-state index in [1.807, 2.05) is 13.0 Å². The van der Waals surface area contributed by atoms with Gasteiger partial charge >= 0.3 is 0 Å². The maximum atomic E-state index is 8.76. The molecule has 0 bridgehead atoms. The number of hydrogen-bond donors (Lipinski definition) is 2. The normalized spacial score (nSPS) is 17.8. The van der Waals surface area contributed by atoms with Crippen molar-refractivity contribution in [2.45, 2.75) is 25.8 Å². The van der Waals surface area contributed by atoms with Gasteiger partial charge in [-0.2, -0.15) is 0 Å². The van der Waals surface area contributed by atoms with Crippen molar-refractivity contribution in [3.8, 4) is 0 Å². The largest absolute Gasteiger partial charge is 0.409 e. The number of piperidine rings is 1. The Hall–Kier alpha value is -1.75. The van der Waals surface area contributed by atoms with Crippen LogP contribution in [0.5, 0.6) is 0 Å². The monoisotopic (exact) mass is 276 g/mol. The van der Waals surface area contributed by atoms with Gasteiger partial charge in [-0.15, -0.1) is 0 Å². The molecule has 0 saturated carbocycles. The van der Waals surface area contributed by atoms with Crippen molar-refractivity contribution in [1.82, 2.24) is 4.90 Å². The number of hydrogen-bond acceptors (Lipinski definition) is 4. The summed E-state index contributed by atoms with van der Waals surface area (Å²) in [5, 5.41) is 11.8. The lowest BCUT2D eigenvalue weighted by Gasteiger charge is -2.36. The molecule has 0 spiro atoms. The molecule has 1 aromatic carbocycles. The number of nitrogens with zero attached hydrogens (tertiary/aromatic N) is 3. The molecule has 20 heavy (non-hydrogen) atoms. The third-order valence-electron chi connectivity index (χ3n) is 4.15. The molecule has 0 unspecified atom stereocenters. The highest BCUT2D eigenvalue weighted by atomic mass is 16.4. The first-order chi connectivity index (χ1) is 9.52. The molecule has 0 aliphatic carbocycles. The highest BCUT2D eigenvalue weighted by Gasteiger charge is 2.21.